The van der Waals surface area contributed by atoms with E-state index in [9.17, 15) is 18.0 Å². The Morgan fingerprint density at radius 3 is 2.55 bits per heavy atom. The smallest absolute Gasteiger partial charge is 0.253 e. The van der Waals surface area contributed by atoms with Crippen molar-refractivity contribution in [3.63, 3.8) is 0 Å². The molecule has 0 spiro atoms. The molecule has 1 aliphatic rings. The number of para-hydroxylation sites is 1. The average molecular weight is 472 g/mol. The first-order valence-corrected chi connectivity index (χ1v) is 13.2. The molecule has 0 radical (unpaired) electrons. The summed E-state index contributed by atoms with van der Waals surface area (Å²) in [6, 6.07) is 16.7. The van der Waals surface area contributed by atoms with Gasteiger partial charge in [0.1, 0.15) is 0 Å². The highest BCUT2D eigenvalue weighted by Crippen LogP contribution is 2.23. The minimum Gasteiger partial charge on any atom is -0.352 e. The van der Waals surface area contributed by atoms with Crippen LogP contribution in [0.15, 0.2) is 54.6 Å². The van der Waals surface area contributed by atoms with Gasteiger partial charge in [-0.3, -0.25) is 9.59 Å². The molecule has 1 heterocycles. The quantitative estimate of drug-likeness (QED) is 0.555. The van der Waals surface area contributed by atoms with Gasteiger partial charge in [-0.2, -0.15) is 0 Å². The van der Waals surface area contributed by atoms with Crippen LogP contribution in [0.5, 0.6) is 0 Å². The zero-order valence-corrected chi connectivity index (χ0v) is 19.9. The molecule has 1 fully saturated rings. The second kappa shape index (κ2) is 12.0. The van der Waals surface area contributed by atoms with Crippen LogP contribution in [0.4, 0.5) is 5.69 Å². The van der Waals surface area contributed by atoms with Crippen molar-refractivity contribution in [1.82, 2.24) is 9.62 Å². The Hall–Kier alpha value is -2.71. The minimum absolute atomic E-state index is 0.0661. The predicted octanol–water partition coefficient (Wildman–Crippen LogP) is 3.44. The molecule has 0 saturated carbocycles. The first-order valence-electron chi connectivity index (χ1n) is 11.6. The van der Waals surface area contributed by atoms with Crippen molar-refractivity contribution < 1.29 is 18.0 Å². The van der Waals surface area contributed by atoms with E-state index in [4.69, 9.17) is 0 Å². The molecule has 2 amide bonds. The number of aryl methyl sites for hydroxylation is 1. The van der Waals surface area contributed by atoms with Gasteiger partial charge >= 0.3 is 0 Å². The zero-order valence-electron chi connectivity index (χ0n) is 19.1. The Labute approximate surface area is 196 Å². The standard InChI is InChI=1S/C25H33N3O4S/c1-2-16-26-25(30)22-14-6-7-15-23(22)27-24(29)21-13-8-17-28(19-21)33(31,32)18-9-12-20-10-4-3-5-11-20/h3-7,10-11,14-15,21H,2,8-9,12-13,16-19H2,1H3,(H,26,30)(H,27,29)/t21-/m1/s1. The number of rotatable bonds is 10. The van der Waals surface area contributed by atoms with Gasteiger partial charge in [0.15, 0.2) is 0 Å². The number of nitrogens with one attached hydrogen (secondary N) is 2. The second-order valence-electron chi connectivity index (χ2n) is 8.39. The highest BCUT2D eigenvalue weighted by atomic mass is 32.2. The number of carbonyl (C=O) groups excluding carboxylic acids is 2. The number of sulfonamides is 1. The zero-order chi connectivity index (χ0) is 23.7. The van der Waals surface area contributed by atoms with Gasteiger partial charge in [0, 0.05) is 19.6 Å². The lowest BCUT2D eigenvalue weighted by Gasteiger charge is -2.31. The molecule has 2 aromatic carbocycles. The summed E-state index contributed by atoms with van der Waals surface area (Å²) in [5.41, 5.74) is 1.96. The van der Waals surface area contributed by atoms with Crippen LogP contribution >= 0.6 is 0 Å². The summed E-state index contributed by atoms with van der Waals surface area (Å²) in [5, 5.41) is 5.68. The molecule has 0 bridgehead atoms. The van der Waals surface area contributed by atoms with Gasteiger partial charge in [0.2, 0.25) is 15.9 Å². The number of carbonyl (C=O) groups is 2. The van der Waals surface area contributed by atoms with Crippen LogP contribution < -0.4 is 10.6 Å². The maximum absolute atomic E-state index is 13.0. The first kappa shape index (κ1) is 24.9. The van der Waals surface area contributed by atoms with Crippen LogP contribution in [0.3, 0.4) is 0 Å². The van der Waals surface area contributed by atoms with Crippen LogP contribution in [-0.2, 0) is 21.2 Å². The normalized spacial score (nSPS) is 16.8. The summed E-state index contributed by atoms with van der Waals surface area (Å²) in [7, 11) is -3.44. The van der Waals surface area contributed by atoms with E-state index < -0.39 is 15.9 Å². The van der Waals surface area contributed by atoms with E-state index in [-0.39, 0.29) is 24.1 Å². The summed E-state index contributed by atoms with van der Waals surface area (Å²) in [6.07, 6.45) is 3.31. The number of hydrogen-bond acceptors (Lipinski definition) is 4. The van der Waals surface area contributed by atoms with E-state index in [1.54, 1.807) is 24.3 Å². The van der Waals surface area contributed by atoms with Gasteiger partial charge < -0.3 is 10.6 Å². The fourth-order valence-electron chi connectivity index (χ4n) is 4.00. The molecular weight excluding hydrogens is 438 g/mol. The number of nitrogens with zero attached hydrogens (tertiary/aromatic N) is 1. The molecule has 178 valence electrons. The molecule has 33 heavy (non-hydrogen) atoms. The van der Waals surface area contributed by atoms with Gasteiger partial charge in [-0.15, -0.1) is 0 Å². The number of piperidine rings is 1. The van der Waals surface area contributed by atoms with Gasteiger partial charge in [0.25, 0.3) is 5.91 Å². The van der Waals surface area contributed by atoms with Crippen molar-refractivity contribution in [2.24, 2.45) is 5.92 Å². The summed E-state index contributed by atoms with van der Waals surface area (Å²) < 4.78 is 27.2. The van der Waals surface area contributed by atoms with E-state index in [1.165, 1.54) is 4.31 Å². The van der Waals surface area contributed by atoms with Gasteiger partial charge in [-0.25, -0.2) is 12.7 Å². The minimum atomic E-state index is -3.44. The highest BCUT2D eigenvalue weighted by molar-refractivity contribution is 7.89. The first-order chi connectivity index (χ1) is 15.9. The molecule has 7 nitrogen and oxygen atoms in total. The van der Waals surface area contributed by atoms with Gasteiger partial charge in [-0.1, -0.05) is 49.4 Å². The third-order valence-corrected chi connectivity index (χ3v) is 7.75. The average Bonchev–Trinajstić information content (AvgIpc) is 2.83. The Bertz CT molecular complexity index is 1040. The number of benzene rings is 2. The fourth-order valence-corrected chi connectivity index (χ4v) is 5.58. The number of hydrogen-bond donors (Lipinski definition) is 2. The molecule has 3 rings (SSSR count). The maximum Gasteiger partial charge on any atom is 0.253 e. The number of anilines is 1. The van der Waals surface area contributed by atoms with E-state index >= 15 is 0 Å². The van der Waals surface area contributed by atoms with Crippen LogP contribution in [-0.4, -0.2) is 49.9 Å². The van der Waals surface area contributed by atoms with Crippen molar-refractivity contribution in [1.29, 1.82) is 0 Å². The van der Waals surface area contributed by atoms with Crippen LogP contribution in [0, 0.1) is 5.92 Å². The van der Waals surface area contributed by atoms with Crippen molar-refractivity contribution in [3.8, 4) is 0 Å². The predicted molar refractivity (Wildman–Crippen MR) is 131 cm³/mol. The van der Waals surface area contributed by atoms with Crippen LogP contribution in [0.2, 0.25) is 0 Å². The van der Waals surface area contributed by atoms with Crippen LogP contribution in [0.25, 0.3) is 0 Å². The van der Waals surface area contributed by atoms with Crippen molar-refractivity contribution in [2.75, 3.05) is 30.7 Å². The summed E-state index contributed by atoms with van der Waals surface area (Å²) in [5.74, 6) is -0.875. The van der Waals surface area contributed by atoms with E-state index in [2.05, 4.69) is 10.6 Å². The molecule has 1 atom stereocenters. The lowest BCUT2D eigenvalue weighted by atomic mass is 9.98. The largest absolute Gasteiger partial charge is 0.352 e. The third kappa shape index (κ3) is 7.14. The third-order valence-electron chi connectivity index (χ3n) is 5.82. The Morgan fingerprint density at radius 2 is 1.79 bits per heavy atom. The lowest BCUT2D eigenvalue weighted by Crippen LogP contribution is -2.44. The van der Waals surface area contributed by atoms with Gasteiger partial charge in [0.05, 0.1) is 22.9 Å². The van der Waals surface area contributed by atoms with E-state index in [0.717, 1.165) is 12.0 Å². The molecule has 0 unspecified atom stereocenters. The van der Waals surface area contributed by atoms with Crippen molar-refractivity contribution in [3.05, 3.63) is 65.7 Å². The van der Waals surface area contributed by atoms with Gasteiger partial charge in [-0.05, 0) is 49.8 Å². The molecular formula is C25H33N3O4S. The Balaban J connectivity index is 1.58. The SMILES string of the molecule is CCCNC(=O)c1ccccc1NC(=O)[C@@H]1CCCN(S(=O)(=O)CCCc2ccccc2)C1. The highest BCUT2D eigenvalue weighted by Gasteiger charge is 2.32. The number of amides is 2. The monoisotopic (exact) mass is 471 g/mol. The molecule has 1 aliphatic heterocycles. The molecule has 1 saturated heterocycles. The maximum atomic E-state index is 13.0. The van der Waals surface area contributed by atoms with Crippen molar-refractivity contribution in [2.45, 2.75) is 39.0 Å². The summed E-state index contributed by atoms with van der Waals surface area (Å²) in [4.78, 5) is 25.4. The summed E-state index contributed by atoms with van der Waals surface area (Å²) >= 11 is 0. The second-order valence-corrected chi connectivity index (χ2v) is 10.5. The topological polar surface area (TPSA) is 95.6 Å². The molecule has 0 aliphatic carbocycles. The molecule has 2 aromatic rings. The molecule has 2 N–H and O–H groups in total. The Morgan fingerprint density at radius 1 is 1.06 bits per heavy atom. The van der Waals surface area contributed by atoms with Crippen molar-refractivity contribution >= 4 is 27.5 Å². The lowest BCUT2D eigenvalue weighted by molar-refractivity contribution is -0.120. The fraction of sp³-hybridized carbons (Fsp3) is 0.440. The van der Waals surface area contributed by atoms with Crippen LogP contribution in [0.1, 0.15) is 48.5 Å². The Kier molecular flexibility index (Phi) is 9.03. The molecule has 0 aromatic heterocycles. The molecule has 8 heteroatoms. The van der Waals surface area contributed by atoms with E-state index in [1.807, 2.05) is 37.3 Å². The summed E-state index contributed by atoms with van der Waals surface area (Å²) in [6.45, 7) is 3.14. The van der Waals surface area contributed by atoms with E-state index in [0.29, 0.717) is 50.0 Å².